The van der Waals surface area contributed by atoms with Crippen molar-refractivity contribution in [2.75, 3.05) is 20.1 Å². The van der Waals surface area contributed by atoms with Gasteiger partial charge in [-0.05, 0) is 20.8 Å². The lowest BCUT2D eigenvalue weighted by Crippen LogP contribution is -2.46. The number of nitrogens with zero attached hydrogens (tertiary/aromatic N) is 2. The minimum Gasteiger partial charge on any atom is -0.444 e. The van der Waals surface area contributed by atoms with Crippen molar-refractivity contribution in [1.82, 2.24) is 4.90 Å². The molecule has 1 unspecified atom stereocenters. The number of aliphatic imine (C=N–C) groups is 1. The first kappa shape index (κ1) is 13.7. The molecule has 1 amide bonds. The third kappa shape index (κ3) is 4.17. The van der Waals surface area contributed by atoms with Crippen molar-refractivity contribution < 1.29 is 14.3 Å². The van der Waals surface area contributed by atoms with Gasteiger partial charge in [0.25, 0.3) is 0 Å². The van der Waals surface area contributed by atoms with Crippen LogP contribution >= 0.6 is 0 Å². The van der Waals surface area contributed by atoms with E-state index in [9.17, 15) is 9.59 Å². The van der Waals surface area contributed by atoms with Gasteiger partial charge in [-0.2, -0.15) is 0 Å². The van der Waals surface area contributed by atoms with Crippen molar-refractivity contribution in [3.63, 3.8) is 0 Å². The molecule has 1 fully saturated rings. The molecular formula is C12H20N2O3. The third-order valence-corrected chi connectivity index (χ3v) is 2.44. The first-order valence-corrected chi connectivity index (χ1v) is 5.76. The number of Topliss-reactive ketones (excluding diaryl/α,β-unsaturated/α-hetero) is 1. The van der Waals surface area contributed by atoms with Crippen molar-refractivity contribution >= 4 is 18.1 Å². The highest BCUT2D eigenvalue weighted by atomic mass is 16.6. The number of ether oxygens (including phenoxy) is 1. The van der Waals surface area contributed by atoms with Crippen molar-refractivity contribution in [2.24, 2.45) is 10.9 Å². The zero-order valence-corrected chi connectivity index (χ0v) is 10.9. The van der Waals surface area contributed by atoms with E-state index in [2.05, 4.69) is 4.99 Å². The molecule has 0 spiro atoms. The van der Waals surface area contributed by atoms with Crippen LogP contribution in [-0.4, -0.2) is 48.7 Å². The summed E-state index contributed by atoms with van der Waals surface area (Å²) < 4.78 is 5.27. The summed E-state index contributed by atoms with van der Waals surface area (Å²) in [6, 6.07) is 0. The molecule has 0 aromatic carbocycles. The maximum atomic E-state index is 11.8. The minimum absolute atomic E-state index is 0.135. The van der Waals surface area contributed by atoms with Crippen molar-refractivity contribution in [3.8, 4) is 0 Å². The maximum absolute atomic E-state index is 11.8. The molecule has 0 radical (unpaired) electrons. The van der Waals surface area contributed by atoms with Crippen LogP contribution in [0, 0.1) is 5.92 Å². The van der Waals surface area contributed by atoms with Crippen LogP contribution in [0.1, 0.15) is 27.2 Å². The van der Waals surface area contributed by atoms with Gasteiger partial charge in [0.1, 0.15) is 11.4 Å². The predicted octanol–water partition coefficient (Wildman–Crippen LogP) is 1.51. The summed E-state index contributed by atoms with van der Waals surface area (Å²) in [7, 11) is 1.62. The molecule has 5 nitrogen and oxygen atoms in total. The molecule has 1 heterocycles. The smallest absolute Gasteiger partial charge is 0.410 e. The summed E-state index contributed by atoms with van der Waals surface area (Å²) in [4.78, 5) is 28.8. The van der Waals surface area contributed by atoms with E-state index in [0.29, 0.717) is 19.5 Å². The Labute approximate surface area is 102 Å². The highest BCUT2D eigenvalue weighted by Gasteiger charge is 2.31. The monoisotopic (exact) mass is 240 g/mol. The van der Waals surface area contributed by atoms with E-state index in [1.54, 1.807) is 18.2 Å². The molecule has 0 bridgehead atoms. The lowest BCUT2D eigenvalue weighted by atomic mass is 9.98. The Morgan fingerprint density at radius 3 is 2.71 bits per heavy atom. The average Bonchev–Trinajstić information content (AvgIpc) is 2.19. The highest BCUT2D eigenvalue weighted by Crippen LogP contribution is 2.16. The maximum Gasteiger partial charge on any atom is 0.410 e. The Kier molecular flexibility index (Phi) is 4.26. The number of likely N-dealkylation sites (tertiary alicyclic amines) is 1. The van der Waals surface area contributed by atoms with Gasteiger partial charge in [-0.25, -0.2) is 4.79 Å². The number of hydrogen-bond acceptors (Lipinski definition) is 4. The molecule has 1 rings (SSSR count). The number of ketones is 1. The number of hydrogen-bond donors (Lipinski definition) is 0. The Hall–Kier alpha value is -1.39. The van der Waals surface area contributed by atoms with E-state index >= 15 is 0 Å². The molecule has 1 saturated heterocycles. The largest absolute Gasteiger partial charge is 0.444 e. The van der Waals surface area contributed by atoms with Crippen LogP contribution in [0.3, 0.4) is 0 Å². The van der Waals surface area contributed by atoms with Gasteiger partial charge in [-0.1, -0.05) is 0 Å². The first-order chi connectivity index (χ1) is 7.83. The molecule has 17 heavy (non-hydrogen) atoms. The van der Waals surface area contributed by atoms with E-state index in [-0.39, 0.29) is 17.8 Å². The molecule has 0 N–H and O–H groups in total. The third-order valence-electron chi connectivity index (χ3n) is 2.44. The molecule has 1 aliphatic heterocycles. The van der Waals surface area contributed by atoms with E-state index < -0.39 is 5.60 Å². The van der Waals surface area contributed by atoms with Gasteiger partial charge < -0.3 is 14.6 Å². The molecule has 96 valence electrons. The zero-order chi connectivity index (χ0) is 13.1. The summed E-state index contributed by atoms with van der Waals surface area (Å²) >= 11 is 0. The van der Waals surface area contributed by atoms with Crippen LogP contribution in [0.25, 0.3) is 0 Å². The van der Waals surface area contributed by atoms with Crippen LogP contribution in [0.15, 0.2) is 4.99 Å². The highest BCUT2D eigenvalue weighted by molar-refractivity contribution is 5.96. The Balaban J connectivity index is 2.62. The van der Waals surface area contributed by atoms with E-state index in [0.717, 1.165) is 0 Å². The standard InChI is InChI=1S/C12H20N2O3/c1-12(2,3)17-11(16)14-6-5-10(15)9(8-14)7-13-4/h7,9H,5-6,8H2,1-4H3. The van der Waals surface area contributed by atoms with Gasteiger partial charge >= 0.3 is 6.09 Å². The predicted molar refractivity (Wildman–Crippen MR) is 65.3 cm³/mol. The summed E-state index contributed by atoms with van der Waals surface area (Å²) in [5, 5.41) is 0. The van der Waals surface area contributed by atoms with E-state index in [1.807, 2.05) is 20.8 Å². The molecule has 5 heteroatoms. The number of amides is 1. The van der Waals surface area contributed by atoms with Gasteiger partial charge in [0, 0.05) is 32.8 Å². The quantitative estimate of drug-likeness (QED) is 0.653. The van der Waals surface area contributed by atoms with Crippen LogP contribution in [0.4, 0.5) is 4.79 Å². The fourth-order valence-electron chi connectivity index (χ4n) is 1.66. The van der Waals surface area contributed by atoms with Crippen LogP contribution in [0.5, 0.6) is 0 Å². The molecule has 0 aromatic rings. The van der Waals surface area contributed by atoms with Crippen LogP contribution in [0.2, 0.25) is 0 Å². The van der Waals surface area contributed by atoms with Crippen molar-refractivity contribution in [3.05, 3.63) is 0 Å². The van der Waals surface area contributed by atoms with Gasteiger partial charge in [0.15, 0.2) is 0 Å². The molecule has 1 aliphatic rings. The van der Waals surface area contributed by atoms with Crippen molar-refractivity contribution in [2.45, 2.75) is 32.8 Å². The Morgan fingerprint density at radius 1 is 1.53 bits per heavy atom. The minimum atomic E-state index is -0.507. The fraction of sp³-hybridized carbons (Fsp3) is 0.750. The normalized spacial score (nSPS) is 22.0. The first-order valence-electron chi connectivity index (χ1n) is 5.76. The zero-order valence-electron chi connectivity index (χ0n) is 10.9. The average molecular weight is 240 g/mol. The molecule has 0 saturated carbocycles. The molecule has 0 aliphatic carbocycles. The number of rotatable bonds is 1. The molecular weight excluding hydrogens is 220 g/mol. The van der Waals surface area contributed by atoms with Crippen LogP contribution < -0.4 is 0 Å². The molecule has 1 atom stereocenters. The summed E-state index contributed by atoms with van der Waals surface area (Å²) in [5.41, 5.74) is -0.507. The summed E-state index contributed by atoms with van der Waals surface area (Å²) in [6.45, 7) is 6.27. The number of piperidine rings is 1. The van der Waals surface area contributed by atoms with Gasteiger partial charge in [-0.3, -0.25) is 4.79 Å². The van der Waals surface area contributed by atoms with Gasteiger partial charge in [-0.15, -0.1) is 0 Å². The second-order valence-corrected chi connectivity index (χ2v) is 5.16. The summed E-state index contributed by atoms with van der Waals surface area (Å²) in [5.74, 6) is -0.156. The topological polar surface area (TPSA) is 59.0 Å². The SMILES string of the molecule is CN=CC1CN(C(=O)OC(C)(C)C)CCC1=O. The van der Waals surface area contributed by atoms with Gasteiger partial charge in [0.05, 0.1) is 5.92 Å². The second kappa shape index (κ2) is 5.29. The lowest BCUT2D eigenvalue weighted by molar-refractivity contribution is -0.123. The number of carbonyl (C=O) groups excluding carboxylic acids is 2. The van der Waals surface area contributed by atoms with Gasteiger partial charge in [0.2, 0.25) is 0 Å². The fourth-order valence-corrected chi connectivity index (χ4v) is 1.66. The Morgan fingerprint density at radius 2 is 2.18 bits per heavy atom. The lowest BCUT2D eigenvalue weighted by Gasteiger charge is -2.32. The van der Waals surface area contributed by atoms with E-state index in [4.69, 9.17) is 4.74 Å². The summed E-state index contributed by atoms with van der Waals surface area (Å²) in [6.07, 6.45) is 1.61. The Bertz CT molecular complexity index is 331. The number of carbonyl (C=O) groups is 2. The molecule has 0 aromatic heterocycles. The van der Waals surface area contributed by atoms with Crippen LogP contribution in [-0.2, 0) is 9.53 Å². The second-order valence-electron chi connectivity index (χ2n) is 5.16. The van der Waals surface area contributed by atoms with Crippen molar-refractivity contribution in [1.29, 1.82) is 0 Å². The van der Waals surface area contributed by atoms with E-state index in [1.165, 1.54) is 0 Å².